The molecule has 1 heterocycles. The number of nitrogens with zero attached hydrogens (tertiary/aromatic N) is 3. The van der Waals surface area contributed by atoms with E-state index in [1.165, 1.54) is 0 Å². The van der Waals surface area contributed by atoms with Gasteiger partial charge in [-0.15, -0.1) is 0 Å². The fourth-order valence-corrected chi connectivity index (χ4v) is 3.72. The van der Waals surface area contributed by atoms with Crippen LogP contribution in [0.25, 0.3) is 5.69 Å². The molecule has 5 heteroatoms. The lowest BCUT2D eigenvalue weighted by Crippen LogP contribution is -2.35. The summed E-state index contributed by atoms with van der Waals surface area (Å²) in [5.74, 6) is 0.293. The summed E-state index contributed by atoms with van der Waals surface area (Å²) in [5.41, 5.74) is 3.90. The molecule has 2 atom stereocenters. The van der Waals surface area contributed by atoms with Gasteiger partial charge in [-0.1, -0.05) is 24.6 Å². The summed E-state index contributed by atoms with van der Waals surface area (Å²) >= 11 is 0. The average Bonchev–Trinajstić information content (AvgIpc) is 3.13. The number of aryl methyl sites for hydroxylation is 1. The van der Waals surface area contributed by atoms with Crippen molar-refractivity contribution in [3.63, 3.8) is 0 Å². The molecule has 5 nitrogen and oxygen atoms in total. The van der Waals surface area contributed by atoms with Crippen molar-refractivity contribution in [3.8, 4) is 5.69 Å². The number of benzene rings is 1. The van der Waals surface area contributed by atoms with Crippen LogP contribution in [0, 0.1) is 19.8 Å². The highest BCUT2D eigenvalue weighted by Crippen LogP contribution is 2.26. The molecule has 1 aromatic carbocycles. The smallest absolute Gasteiger partial charge is 0.226 e. The molecule has 0 bridgehead atoms. The predicted molar refractivity (Wildman–Crippen MR) is 97.7 cm³/mol. The number of rotatable bonds is 5. The zero-order chi connectivity index (χ0) is 18.0. The van der Waals surface area contributed by atoms with E-state index in [9.17, 15) is 9.90 Å². The minimum absolute atomic E-state index is 0.0814. The Morgan fingerprint density at radius 3 is 2.64 bits per heavy atom. The van der Waals surface area contributed by atoms with Gasteiger partial charge < -0.3 is 10.0 Å². The van der Waals surface area contributed by atoms with E-state index in [1.54, 1.807) is 4.90 Å². The molecular weight excluding hydrogens is 314 g/mol. The van der Waals surface area contributed by atoms with E-state index in [-0.39, 0.29) is 17.9 Å². The van der Waals surface area contributed by atoms with Crippen molar-refractivity contribution >= 4 is 5.91 Å². The largest absolute Gasteiger partial charge is 0.393 e. The van der Waals surface area contributed by atoms with Crippen molar-refractivity contribution in [3.05, 3.63) is 47.3 Å². The molecule has 0 spiro atoms. The molecule has 1 aliphatic rings. The first-order valence-electron chi connectivity index (χ1n) is 9.00. The minimum atomic E-state index is -0.264. The third-order valence-electron chi connectivity index (χ3n) is 5.32. The third kappa shape index (κ3) is 3.76. The number of para-hydroxylation sites is 1. The van der Waals surface area contributed by atoms with Crippen LogP contribution < -0.4 is 0 Å². The SMILES string of the molecule is Cc1nn(-c2ccccc2)c(C)c1CC(=O)N(C)CC1CCCC1O. The Labute approximate surface area is 149 Å². The molecule has 1 saturated carbocycles. The van der Waals surface area contributed by atoms with E-state index in [1.807, 2.05) is 55.9 Å². The van der Waals surface area contributed by atoms with Crippen molar-refractivity contribution in [2.45, 2.75) is 45.6 Å². The van der Waals surface area contributed by atoms with E-state index >= 15 is 0 Å². The normalized spacial score (nSPS) is 20.0. The number of aliphatic hydroxyl groups is 1. The van der Waals surface area contributed by atoms with Gasteiger partial charge in [0, 0.05) is 30.8 Å². The molecule has 0 aliphatic heterocycles. The van der Waals surface area contributed by atoms with Crippen LogP contribution in [0.15, 0.2) is 30.3 Å². The molecule has 25 heavy (non-hydrogen) atoms. The maximum atomic E-state index is 12.7. The van der Waals surface area contributed by atoms with E-state index in [0.29, 0.717) is 13.0 Å². The fourth-order valence-electron chi connectivity index (χ4n) is 3.72. The zero-order valence-electron chi connectivity index (χ0n) is 15.3. The summed E-state index contributed by atoms with van der Waals surface area (Å²) in [6.45, 7) is 4.59. The average molecular weight is 341 g/mol. The van der Waals surface area contributed by atoms with Crippen LogP contribution in [0.5, 0.6) is 0 Å². The lowest BCUT2D eigenvalue weighted by molar-refractivity contribution is -0.130. The highest BCUT2D eigenvalue weighted by Gasteiger charge is 2.28. The second kappa shape index (κ2) is 7.40. The Kier molecular flexibility index (Phi) is 5.23. The Hall–Kier alpha value is -2.14. The van der Waals surface area contributed by atoms with Gasteiger partial charge in [-0.25, -0.2) is 4.68 Å². The molecule has 0 radical (unpaired) electrons. The maximum absolute atomic E-state index is 12.7. The molecule has 2 unspecified atom stereocenters. The van der Waals surface area contributed by atoms with Crippen molar-refractivity contribution in [1.29, 1.82) is 0 Å². The van der Waals surface area contributed by atoms with Crippen LogP contribution in [-0.4, -0.2) is 45.4 Å². The van der Waals surface area contributed by atoms with Crippen LogP contribution >= 0.6 is 0 Å². The van der Waals surface area contributed by atoms with Gasteiger partial charge in [0.15, 0.2) is 0 Å². The molecule has 2 aromatic rings. The van der Waals surface area contributed by atoms with E-state index in [2.05, 4.69) is 5.10 Å². The topological polar surface area (TPSA) is 58.4 Å². The Balaban J connectivity index is 1.72. The summed E-state index contributed by atoms with van der Waals surface area (Å²) in [6, 6.07) is 9.97. The Bertz CT molecular complexity index is 739. The Morgan fingerprint density at radius 2 is 2.00 bits per heavy atom. The molecule has 1 N–H and O–H groups in total. The van der Waals surface area contributed by atoms with Gasteiger partial charge in [0.1, 0.15) is 0 Å². The van der Waals surface area contributed by atoms with Crippen molar-refractivity contribution < 1.29 is 9.90 Å². The van der Waals surface area contributed by atoms with Crippen molar-refractivity contribution in [2.75, 3.05) is 13.6 Å². The second-order valence-corrected chi connectivity index (χ2v) is 7.11. The van der Waals surface area contributed by atoms with E-state index in [4.69, 9.17) is 0 Å². The third-order valence-corrected chi connectivity index (χ3v) is 5.32. The second-order valence-electron chi connectivity index (χ2n) is 7.11. The first-order chi connectivity index (χ1) is 12.0. The highest BCUT2D eigenvalue weighted by molar-refractivity contribution is 5.79. The van der Waals surface area contributed by atoms with E-state index < -0.39 is 0 Å². The quantitative estimate of drug-likeness (QED) is 0.909. The number of carbonyl (C=O) groups is 1. The highest BCUT2D eigenvalue weighted by atomic mass is 16.3. The van der Waals surface area contributed by atoms with Crippen LogP contribution in [-0.2, 0) is 11.2 Å². The molecular formula is C20H27N3O2. The van der Waals surface area contributed by atoms with Gasteiger partial charge >= 0.3 is 0 Å². The first-order valence-corrected chi connectivity index (χ1v) is 9.00. The van der Waals surface area contributed by atoms with Gasteiger partial charge in [-0.05, 0) is 38.8 Å². The van der Waals surface area contributed by atoms with Crippen LogP contribution in [0.1, 0.15) is 36.2 Å². The molecule has 1 amide bonds. The summed E-state index contributed by atoms with van der Waals surface area (Å²) in [4.78, 5) is 14.4. The fraction of sp³-hybridized carbons (Fsp3) is 0.500. The molecule has 134 valence electrons. The minimum Gasteiger partial charge on any atom is -0.393 e. The lowest BCUT2D eigenvalue weighted by Gasteiger charge is -2.23. The van der Waals surface area contributed by atoms with Gasteiger partial charge in [0.25, 0.3) is 0 Å². The molecule has 0 saturated heterocycles. The number of aliphatic hydroxyl groups excluding tert-OH is 1. The van der Waals surface area contributed by atoms with Crippen LogP contribution in [0.2, 0.25) is 0 Å². The summed E-state index contributed by atoms with van der Waals surface area (Å²) in [5, 5.41) is 14.6. The molecule has 1 aromatic heterocycles. The van der Waals surface area contributed by atoms with Crippen molar-refractivity contribution in [2.24, 2.45) is 5.92 Å². The van der Waals surface area contributed by atoms with Gasteiger partial charge in [0.05, 0.1) is 23.9 Å². The lowest BCUT2D eigenvalue weighted by atomic mass is 10.0. The van der Waals surface area contributed by atoms with E-state index in [0.717, 1.165) is 41.9 Å². The number of likely N-dealkylation sites (N-methyl/N-ethyl adjacent to an activating group) is 1. The molecule has 1 aliphatic carbocycles. The number of hydrogen-bond acceptors (Lipinski definition) is 3. The maximum Gasteiger partial charge on any atom is 0.226 e. The van der Waals surface area contributed by atoms with Gasteiger partial charge in [-0.2, -0.15) is 5.10 Å². The van der Waals surface area contributed by atoms with Crippen molar-refractivity contribution in [1.82, 2.24) is 14.7 Å². The summed E-state index contributed by atoms with van der Waals surface area (Å²) in [7, 11) is 1.83. The van der Waals surface area contributed by atoms with Crippen LogP contribution in [0.3, 0.4) is 0 Å². The number of hydrogen-bond donors (Lipinski definition) is 1. The summed E-state index contributed by atoms with van der Waals surface area (Å²) < 4.78 is 1.90. The predicted octanol–water partition coefficient (Wildman–Crippen LogP) is 2.65. The standard InChI is InChI=1S/C20H27N3O2/c1-14-18(15(2)23(21-14)17-9-5-4-6-10-17)12-20(25)22(3)13-16-8-7-11-19(16)24/h4-6,9-10,16,19,24H,7-8,11-13H2,1-3H3. The Morgan fingerprint density at radius 1 is 1.28 bits per heavy atom. The van der Waals surface area contributed by atoms with Gasteiger partial charge in [0.2, 0.25) is 5.91 Å². The van der Waals surface area contributed by atoms with Gasteiger partial charge in [-0.3, -0.25) is 4.79 Å². The zero-order valence-corrected chi connectivity index (χ0v) is 15.3. The first kappa shape index (κ1) is 17.7. The van der Waals surface area contributed by atoms with Crippen LogP contribution in [0.4, 0.5) is 0 Å². The number of amides is 1. The monoisotopic (exact) mass is 341 g/mol. The molecule has 3 rings (SSSR count). The number of aromatic nitrogens is 2. The molecule has 1 fully saturated rings. The number of carbonyl (C=O) groups excluding carboxylic acids is 1. The summed E-state index contributed by atoms with van der Waals surface area (Å²) in [6.07, 6.45) is 3.00.